The van der Waals surface area contributed by atoms with E-state index in [0.717, 1.165) is 36.4 Å². The van der Waals surface area contributed by atoms with Gasteiger partial charge in [0.15, 0.2) is 0 Å². The molecule has 1 fully saturated rings. The predicted octanol–water partition coefficient (Wildman–Crippen LogP) is 2.39. The van der Waals surface area contributed by atoms with E-state index in [-0.39, 0.29) is 11.8 Å². The molecular weight excluding hydrogens is 230 g/mol. The number of methoxy groups -OCH3 is 1. The number of carbonyl (C=O) groups is 1. The molecule has 1 aliphatic carbocycles. The normalized spacial score (nSPS) is 21.4. The van der Waals surface area contributed by atoms with Crippen LogP contribution in [0.25, 0.3) is 0 Å². The van der Waals surface area contributed by atoms with Gasteiger partial charge in [0, 0.05) is 12.2 Å². The second kappa shape index (κ2) is 5.29. The van der Waals surface area contributed by atoms with Gasteiger partial charge in [0.05, 0.1) is 13.0 Å². The Bertz CT molecular complexity index is 445. The Kier molecular flexibility index (Phi) is 3.75. The molecular formula is C14H19NO3. The van der Waals surface area contributed by atoms with Crippen molar-refractivity contribution in [3.05, 3.63) is 23.8 Å². The summed E-state index contributed by atoms with van der Waals surface area (Å²) >= 11 is 0. The fourth-order valence-electron chi connectivity index (χ4n) is 2.19. The van der Waals surface area contributed by atoms with E-state index in [2.05, 4.69) is 18.3 Å². The number of rotatable bonds is 6. The van der Waals surface area contributed by atoms with E-state index in [1.165, 1.54) is 0 Å². The molecule has 4 nitrogen and oxygen atoms in total. The Hall–Kier alpha value is -1.71. The molecule has 0 aromatic heterocycles. The molecule has 0 radical (unpaired) electrons. The summed E-state index contributed by atoms with van der Waals surface area (Å²) < 4.78 is 5.27. The highest BCUT2D eigenvalue weighted by Gasteiger charge is 2.42. The smallest absolute Gasteiger partial charge is 0.306 e. The first-order valence-corrected chi connectivity index (χ1v) is 6.29. The van der Waals surface area contributed by atoms with Gasteiger partial charge in [-0.15, -0.1) is 0 Å². The van der Waals surface area contributed by atoms with Gasteiger partial charge in [-0.05, 0) is 42.5 Å². The van der Waals surface area contributed by atoms with Crippen molar-refractivity contribution in [2.75, 3.05) is 19.0 Å². The fourth-order valence-corrected chi connectivity index (χ4v) is 2.19. The van der Waals surface area contributed by atoms with Crippen molar-refractivity contribution in [3.8, 4) is 5.75 Å². The molecule has 1 aliphatic rings. The first-order chi connectivity index (χ1) is 8.65. The maximum atomic E-state index is 10.7. The van der Waals surface area contributed by atoms with Gasteiger partial charge in [0.25, 0.3) is 0 Å². The van der Waals surface area contributed by atoms with Crippen molar-refractivity contribution >= 4 is 11.7 Å². The zero-order valence-corrected chi connectivity index (χ0v) is 10.8. The van der Waals surface area contributed by atoms with Crippen LogP contribution in [0.2, 0.25) is 0 Å². The number of ether oxygens (including phenoxy) is 1. The molecule has 0 aliphatic heterocycles. The number of hydrogen-bond donors (Lipinski definition) is 2. The monoisotopic (exact) mass is 249 g/mol. The summed E-state index contributed by atoms with van der Waals surface area (Å²) in [7, 11) is 1.67. The van der Waals surface area contributed by atoms with Crippen LogP contribution < -0.4 is 10.1 Å². The molecule has 18 heavy (non-hydrogen) atoms. The van der Waals surface area contributed by atoms with Gasteiger partial charge >= 0.3 is 5.97 Å². The molecule has 4 heteroatoms. The number of nitrogens with one attached hydrogen (secondary N) is 1. The van der Waals surface area contributed by atoms with E-state index in [4.69, 9.17) is 9.84 Å². The van der Waals surface area contributed by atoms with E-state index >= 15 is 0 Å². The van der Waals surface area contributed by atoms with Gasteiger partial charge in [0.1, 0.15) is 5.75 Å². The molecule has 0 spiro atoms. The van der Waals surface area contributed by atoms with E-state index in [0.29, 0.717) is 0 Å². The molecule has 2 unspecified atom stereocenters. The first-order valence-electron chi connectivity index (χ1n) is 6.29. The lowest BCUT2D eigenvalue weighted by Gasteiger charge is -2.11. The lowest BCUT2D eigenvalue weighted by molar-refractivity contribution is -0.138. The van der Waals surface area contributed by atoms with Gasteiger partial charge in [-0.3, -0.25) is 4.79 Å². The zero-order valence-electron chi connectivity index (χ0n) is 10.8. The highest BCUT2D eigenvalue weighted by Crippen LogP contribution is 2.38. The number of aryl methyl sites for hydroxylation is 1. The third-order valence-electron chi connectivity index (χ3n) is 3.47. The third kappa shape index (κ3) is 2.75. The number of hydrogen-bond acceptors (Lipinski definition) is 3. The first kappa shape index (κ1) is 12.7. The minimum Gasteiger partial charge on any atom is -0.496 e. The lowest BCUT2D eigenvalue weighted by Crippen LogP contribution is -2.08. The van der Waals surface area contributed by atoms with Gasteiger partial charge in [-0.1, -0.05) is 6.92 Å². The maximum absolute atomic E-state index is 10.7. The Labute approximate surface area is 107 Å². The Balaban J connectivity index is 1.92. The molecule has 2 atom stereocenters. The van der Waals surface area contributed by atoms with Crippen LogP contribution >= 0.6 is 0 Å². The van der Waals surface area contributed by atoms with E-state index < -0.39 is 5.97 Å². The van der Waals surface area contributed by atoms with Crippen molar-refractivity contribution in [1.82, 2.24) is 0 Å². The predicted molar refractivity (Wildman–Crippen MR) is 70.1 cm³/mol. The standard InChI is InChI=1S/C14H19NO3/c1-3-9-6-11(4-5-13(9)18-2)15-8-10-7-12(10)14(16)17/h4-6,10,12,15H,3,7-8H2,1-2H3,(H,16,17). The number of anilines is 1. The van der Waals surface area contributed by atoms with Crippen molar-refractivity contribution < 1.29 is 14.6 Å². The summed E-state index contributed by atoms with van der Waals surface area (Å²) in [4.78, 5) is 10.7. The van der Waals surface area contributed by atoms with E-state index in [1.54, 1.807) is 7.11 Å². The number of carboxylic acid groups (broad SMARTS) is 1. The van der Waals surface area contributed by atoms with Gasteiger partial charge in [-0.2, -0.15) is 0 Å². The highest BCUT2D eigenvalue weighted by atomic mass is 16.5. The van der Waals surface area contributed by atoms with Crippen molar-refractivity contribution in [2.45, 2.75) is 19.8 Å². The lowest BCUT2D eigenvalue weighted by atomic mass is 10.1. The van der Waals surface area contributed by atoms with Crippen molar-refractivity contribution in [1.29, 1.82) is 0 Å². The van der Waals surface area contributed by atoms with Crippen LogP contribution in [-0.4, -0.2) is 24.7 Å². The molecule has 98 valence electrons. The minimum absolute atomic E-state index is 0.151. The Morgan fingerprint density at radius 3 is 2.89 bits per heavy atom. The second-order valence-corrected chi connectivity index (χ2v) is 4.70. The van der Waals surface area contributed by atoms with Crippen LogP contribution in [0.4, 0.5) is 5.69 Å². The molecule has 1 aromatic carbocycles. The van der Waals surface area contributed by atoms with Crippen LogP contribution in [0.3, 0.4) is 0 Å². The Morgan fingerprint density at radius 2 is 2.33 bits per heavy atom. The van der Waals surface area contributed by atoms with Gasteiger partial charge in [-0.25, -0.2) is 0 Å². The summed E-state index contributed by atoms with van der Waals surface area (Å²) in [5.41, 5.74) is 2.19. The maximum Gasteiger partial charge on any atom is 0.306 e. The number of benzene rings is 1. The molecule has 0 amide bonds. The quantitative estimate of drug-likeness (QED) is 0.812. The van der Waals surface area contributed by atoms with E-state index in [1.807, 2.05) is 12.1 Å². The van der Waals surface area contributed by atoms with Crippen molar-refractivity contribution in [2.24, 2.45) is 11.8 Å². The second-order valence-electron chi connectivity index (χ2n) is 4.70. The Morgan fingerprint density at radius 1 is 1.56 bits per heavy atom. The summed E-state index contributed by atoms with van der Waals surface area (Å²) in [5, 5.41) is 12.1. The van der Waals surface area contributed by atoms with Crippen LogP contribution in [-0.2, 0) is 11.2 Å². The molecule has 1 aromatic rings. The molecule has 2 rings (SSSR count). The minimum atomic E-state index is -0.675. The largest absolute Gasteiger partial charge is 0.496 e. The summed E-state index contributed by atoms with van der Waals surface area (Å²) in [6.07, 6.45) is 1.71. The average Bonchev–Trinajstić information content (AvgIpc) is 3.15. The summed E-state index contributed by atoms with van der Waals surface area (Å²) in [5.74, 6) is 0.347. The summed E-state index contributed by atoms with van der Waals surface area (Å²) in [6, 6.07) is 5.98. The van der Waals surface area contributed by atoms with Gasteiger partial charge in [0.2, 0.25) is 0 Å². The van der Waals surface area contributed by atoms with Crippen molar-refractivity contribution in [3.63, 3.8) is 0 Å². The SMILES string of the molecule is CCc1cc(NCC2CC2C(=O)O)ccc1OC. The topological polar surface area (TPSA) is 58.6 Å². The molecule has 1 saturated carbocycles. The van der Waals surface area contributed by atoms with Crippen LogP contribution in [0.1, 0.15) is 18.9 Å². The fraction of sp³-hybridized carbons (Fsp3) is 0.500. The summed E-state index contributed by atoms with van der Waals surface area (Å²) in [6.45, 7) is 2.81. The average molecular weight is 249 g/mol. The van der Waals surface area contributed by atoms with Crippen LogP contribution in [0.15, 0.2) is 18.2 Å². The molecule has 0 bridgehead atoms. The van der Waals surface area contributed by atoms with Crippen LogP contribution in [0.5, 0.6) is 5.75 Å². The van der Waals surface area contributed by atoms with Gasteiger partial charge < -0.3 is 15.2 Å². The molecule has 0 heterocycles. The number of carboxylic acids is 1. The zero-order chi connectivity index (χ0) is 13.1. The molecule has 2 N–H and O–H groups in total. The number of aliphatic carboxylic acids is 1. The molecule has 0 saturated heterocycles. The van der Waals surface area contributed by atoms with E-state index in [9.17, 15) is 4.79 Å². The highest BCUT2D eigenvalue weighted by molar-refractivity contribution is 5.73. The third-order valence-corrected chi connectivity index (χ3v) is 3.47. The van der Waals surface area contributed by atoms with Crippen LogP contribution in [0, 0.1) is 11.8 Å².